The van der Waals surface area contributed by atoms with Crippen molar-refractivity contribution in [3.63, 3.8) is 0 Å². The van der Waals surface area contributed by atoms with Gasteiger partial charge in [0.1, 0.15) is 19.0 Å². The van der Waals surface area contributed by atoms with Crippen molar-refractivity contribution in [3.05, 3.63) is 78.3 Å². The molecule has 2 amide bonds. The second-order valence-corrected chi connectivity index (χ2v) is 5.89. The molecule has 0 spiro atoms. The van der Waals surface area contributed by atoms with Crippen molar-refractivity contribution < 1.29 is 23.5 Å². The maximum Gasteiger partial charge on any atom is 0.291 e. The molecular weight excluding hydrogens is 360 g/mol. The van der Waals surface area contributed by atoms with Gasteiger partial charge in [0, 0.05) is 24.0 Å². The van der Waals surface area contributed by atoms with E-state index in [4.69, 9.17) is 13.9 Å². The van der Waals surface area contributed by atoms with Crippen molar-refractivity contribution >= 4 is 23.2 Å². The Morgan fingerprint density at radius 2 is 1.71 bits per heavy atom. The molecule has 0 atom stereocenters. The van der Waals surface area contributed by atoms with Gasteiger partial charge in [0.05, 0.1) is 6.26 Å². The fraction of sp³-hybridized carbons (Fsp3) is 0.143. The van der Waals surface area contributed by atoms with Gasteiger partial charge in [-0.25, -0.2) is 0 Å². The van der Waals surface area contributed by atoms with Crippen LogP contribution in [-0.2, 0) is 16.1 Å². The average molecular weight is 380 g/mol. The standard InChI is InChI=1S/C21H20N2O5/c1-26-14-19(24)22-16-6-5-7-17(12-16)23-21(25)20-15(10-11-27-20)13-28-18-8-3-2-4-9-18/h2-12H,13-14H2,1H3,(H,22,24)(H,23,25). The predicted octanol–water partition coefficient (Wildman–Crippen LogP) is 3.70. The summed E-state index contributed by atoms with van der Waals surface area (Å²) in [6, 6.07) is 17.8. The zero-order valence-electron chi connectivity index (χ0n) is 15.3. The lowest BCUT2D eigenvalue weighted by atomic mass is 10.2. The molecule has 0 aliphatic heterocycles. The van der Waals surface area contributed by atoms with Crippen LogP contribution in [0.2, 0.25) is 0 Å². The summed E-state index contributed by atoms with van der Waals surface area (Å²) in [6.07, 6.45) is 1.44. The van der Waals surface area contributed by atoms with Crippen LogP contribution in [0, 0.1) is 0 Å². The zero-order valence-corrected chi connectivity index (χ0v) is 15.3. The van der Waals surface area contributed by atoms with Crippen LogP contribution >= 0.6 is 0 Å². The third-order valence-corrected chi connectivity index (χ3v) is 3.77. The van der Waals surface area contributed by atoms with Crippen molar-refractivity contribution in [2.24, 2.45) is 0 Å². The number of benzene rings is 2. The predicted molar refractivity (Wildman–Crippen MR) is 104 cm³/mol. The lowest BCUT2D eigenvalue weighted by Crippen LogP contribution is -2.17. The number of rotatable bonds is 8. The highest BCUT2D eigenvalue weighted by molar-refractivity contribution is 6.03. The number of furan rings is 1. The van der Waals surface area contributed by atoms with Crippen LogP contribution in [-0.4, -0.2) is 25.5 Å². The number of para-hydroxylation sites is 1. The van der Waals surface area contributed by atoms with Crippen molar-refractivity contribution in [2.45, 2.75) is 6.61 Å². The number of ether oxygens (including phenoxy) is 2. The quantitative estimate of drug-likeness (QED) is 0.622. The van der Waals surface area contributed by atoms with E-state index < -0.39 is 5.91 Å². The Hall–Kier alpha value is -3.58. The molecule has 2 aromatic carbocycles. The molecule has 7 heteroatoms. The Bertz CT molecular complexity index is 937. The molecule has 3 aromatic rings. The van der Waals surface area contributed by atoms with Crippen molar-refractivity contribution in [2.75, 3.05) is 24.4 Å². The molecule has 0 radical (unpaired) electrons. The molecule has 2 N–H and O–H groups in total. The Labute approximate surface area is 162 Å². The van der Waals surface area contributed by atoms with E-state index in [1.807, 2.05) is 30.3 Å². The fourth-order valence-electron chi connectivity index (χ4n) is 2.52. The van der Waals surface area contributed by atoms with Crippen LogP contribution in [0.5, 0.6) is 5.75 Å². The van der Waals surface area contributed by atoms with Crippen LogP contribution in [0.15, 0.2) is 71.3 Å². The molecule has 144 valence electrons. The fourth-order valence-corrected chi connectivity index (χ4v) is 2.52. The largest absolute Gasteiger partial charge is 0.489 e. The van der Waals surface area contributed by atoms with Gasteiger partial charge in [-0.2, -0.15) is 0 Å². The number of anilines is 2. The summed E-state index contributed by atoms with van der Waals surface area (Å²) in [5.41, 5.74) is 1.70. The van der Waals surface area contributed by atoms with Crippen molar-refractivity contribution in [1.29, 1.82) is 0 Å². The van der Waals surface area contributed by atoms with Crippen LogP contribution in [0.25, 0.3) is 0 Å². The summed E-state index contributed by atoms with van der Waals surface area (Å²) < 4.78 is 15.8. The molecule has 0 bridgehead atoms. The van der Waals surface area contributed by atoms with Crippen LogP contribution in [0.4, 0.5) is 11.4 Å². The topological polar surface area (TPSA) is 89.8 Å². The first kappa shape index (κ1) is 19.2. The van der Waals surface area contributed by atoms with Gasteiger partial charge in [-0.15, -0.1) is 0 Å². The average Bonchev–Trinajstić information content (AvgIpc) is 3.16. The summed E-state index contributed by atoms with van der Waals surface area (Å²) in [5, 5.41) is 5.44. The lowest BCUT2D eigenvalue weighted by molar-refractivity contribution is -0.119. The Morgan fingerprint density at radius 3 is 2.46 bits per heavy atom. The number of hydrogen-bond donors (Lipinski definition) is 2. The minimum Gasteiger partial charge on any atom is -0.489 e. The molecule has 0 aliphatic rings. The maximum absolute atomic E-state index is 12.6. The number of methoxy groups -OCH3 is 1. The zero-order chi connectivity index (χ0) is 19.8. The monoisotopic (exact) mass is 380 g/mol. The molecule has 3 rings (SSSR count). The van der Waals surface area contributed by atoms with E-state index in [9.17, 15) is 9.59 Å². The molecule has 28 heavy (non-hydrogen) atoms. The molecule has 0 saturated heterocycles. The smallest absolute Gasteiger partial charge is 0.291 e. The van der Waals surface area contributed by atoms with Gasteiger partial charge in [-0.3, -0.25) is 9.59 Å². The molecular formula is C21H20N2O5. The maximum atomic E-state index is 12.6. The van der Waals surface area contributed by atoms with Crippen LogP contribution < -0.4 is 15.4 Å². The molecule has 1 aromatic heterocycles. The molecule has 0 aliphatic carbocycles. The summed E-state index contributed by atoms with van der Waals surface area (Å²) in [5.74, 6) is 0.189. The number of amides is 2. The number of hydrogen-bond acceptors (Lipinski definition) is 5. The van der Waals surface area contributed by atoms with Crippen LogP contribution in [0.1, 0.15) is 16.1 Å². The van der Waals surface area contributed by atoms with Gasteiger partial charge in [-0.05, 0) is 36.4 Å². The normalized spacial score (nSPS) is 10.3. The molecule has 1 heterocycles. The first-order chi connectivity index (χ1) is 13.7. The molecule has 0 saturated carbocycles. The van der Waals surface area contributed by atoms with E-state index in [-0.39, 0.29) is 24.9 Å². The number of nitrogens with one attached hydrogen (secondary N) is 2. The third kappa shape index (κ3) is 5.21. The highest BCUT2D eigenvalue weighted by Gasteiger charge is 2.16. The van der Waals surface area contributed by atoms with Crippen LogP contribution in [0.3, 0.4) is 0 Å². The lowest BCUT2D eigenvalue weighted by Gasteiger charge is -2.09. The van der Waals surface area contributed by atoms with Gasteiger partial charge in [0.25, 0.3) is 5.91 Å². The van der Waals surface area contributed by atoms with E-state index in [0.717, 1.165) is 0 Å². The van der Waals surface area contributed by atoms with Gasteiger partial charge >= 0.3 is 0 Å². The van der Waals surface area contributed by atoms with Gasteiger partial charge in [0.15, 0.2) is 5.76 Å². The second-order valence-electron chi connectivity index (χ2n) is 5.89. The first-order valence-corrected chi connectivity index (χ1v) is 8.60. The Morgan fingerprint density at radius 1 is 0.964 bits per heavy atom. The highest BCUT2D eigenvalue weighted by atomic mass is 16.5. The minimum atomic E-state index is -0.406. The van der Waals surface area contributed by atoms with Gasteiger partial charge in [-0.1, -0.05) is 24.3 Å². The SMILES string of the molecule is COCC(=O)Nc1cccc(NC(=O)c2occc2COc2ccccc2)c1. The first-order valence-electron chi connectivity index (χ1n) is 8.60. The van der Waals surface area contributed by atoms with Gasteiger partial charge in [0.2, 0.25) is 5.91 Å². The second kappa shape index (κ2) is 9.38. The third-order valence-electron chi connectivity index (χ3n) is 3.77. The van der Waals surface area contributed by atoms with E-state index in [0.29, 0.717) is 22.7 Å². The summed E-state index contributed by atoms with van der Waals surface area (Å²) in [4.78, 5) is 24.2. The van der Waals surface area contributed by atoms with Crippen molar-refractivity contribution in [1.82, 2.24) is 0 Å². The van der Waals surface area contributed by atoms with E-state index in [1.165, 1.54) is 13.4 Å². The van der Waals surface area contributed by atoms with E-state index >= 15 is 0 Å². The van der Waals surface area contributed by atoms with Crippen molar-refractivity contribution in [3.8, 4) is 5.75 Å². The van der Waals surface area contributed by atoms with E-state index in [1.54, 1.807) is 30.3 Å². The highest BCUT2D eigenvalue weighted by Crippen LogP contribution is 2.19. The molecule has 0 unspecified atom stereocenters. The minimum absolute atomic E-state index is 0.0479. The summed E-state index contributed by atoms with van der Waals surface area (Å²) in [7, 11) is 1.44. The van der Waals surface area contributed by atoms with E-state index in [2.05, 4.69) is 10.6 Å². The Kier molecular flexibility index (Phi) is 6.43. The molecule has 0 fully saturated rings. The molecule has 7 nitrogen and oxygen atoms in total. The number of carbonyl (C=O) groups excluding carboxylic acids is 2. The Balaban J connectivity index is 1.64. The summed E-state index contributed by atoms with van der Waals surface area (Å²) >= 11 is 0. The van der Waals surface area contributed by atoms with Gasteiger partial charge < -0.3 is 24.5 Å². The summed E-state index contributed by atoms with van der Waals surface area (Å²) in [6.45, 7) is 0.157. The number of carbonyl (C=O) groups is 2.